The molecule has 0 amide bonds. The lowest BCUT2D eigenvalue weighted by Crippen LogP contribution is -2.08. The minimum absolute atomic E-state index is 0.222. The quantitative estimate of drug-likeness (QED) is 0.517. The molecule has 0 saturated carbocycles. The first kappa shape index (κ1) is 6.70. The Hall–Kier alpha value is -0.300. The summed E-state index contributed by atoms with van der Waals surface area (Å²) in [6, 6.07) is 0. The van der Waals surface area contributed by atoms with E-state index < -0.39 is 0 Å². The number of aliphatic hydroxyl groups is 1. The maximum absolute atomic E-state index is 8.75. The molecule has 0 rings (SSSR count). The van der Waals surface area contributed by atoms with E-state index in [1.165, 1.54) is 0 Å². The molecule has 0 aliphatic heterocycles. The van der Waals surface area contributed by atoms with Crippen molar-refractivity contribution in [2.24, 2.45) is 5.92 Å². The number of aliphatic hydroxyl groups excluding tert-OH is 1. The van der Waals surface area contributed by atoms with Gasteiger partial charge in [0.25, 0.3) is 0 Å². The summed E-state index contributed by atoms with van der Waals surface area (Å²) in [5, 5.41) is 8.75. The molecule has 1 N–H and O–H groups in total. The summed E-state index contributed by atoms with van der Waals surface area (Å²) in [6.07, 6.45) is 1.49. The van der Waals surface area contributed by atoms with Crippen molar-refractivity contribution in [3.05, 3.63) is 12.7 Å². The van der Waals surface area contributed by atoms with E-state index in [1.807, 2.05) is 6.92 Å². The van der Waals surface area contributed by atoms with Crippen molar-refractivity contribution in [3.8, 4) is 0 Å². The van der Waals surface area contributed by atoms with Gasteiger partial charge in [0.05, 0.1) is 6.10 Å². The fraction of sp³-hybridized carbons (Fsp3) is 0.667. The summed E-state index contributed by atoms with van der Waals surface area (Å²) < 4.78 is 0. The zero-order valence-electron chi connectivity index (χ0n) is 4.89. The Morgan fingerprint density at radius 1 is 1.57 bits per heavy atom. The lowest BCUT2D eigenvalue weighted by molar-refractivity contribution is 0.157. The van der Waals surface area contributed by atoms with Crippen LogP contribution in [-0.4, -0.2) is 11.2 Å². The first-order valence-corrected chi connectivity index (χ1v) is 2.49. The average molecular weight is 100 g/mol. The van der Waals surface area contributed by atoms with Crippen molar-refractivity contribution in [2.45, 2.75) is 20.0 Å². The molecular formula is C6H12O. The predicted molar refractivity (Wildman–Crippen MR) is 31.0 cm³/mol. The van der Waals surface area contributed by atoms with Crippen molar-refractivity contribution < 1.29 is 5.11 Å². The van der Waals surface area contributed by atoms with Crippen LogP contribution in [0.1, 0.15) is 13.8 Å². The third kappa shape index (κ3) is 2.40. The van der Waals surface area contributed by atoms with E-state index in [9.17, 15) is 0 Å². The number of rotatable bonds is 2. The van der Waals surface area contributed by atoms with Crippen LogP contribution in [0.5, 0.6) is 0 Å². The van der Waals surface area contributed by atoms with Crippen LogP contribution in [-0.2, 0) is 0 Å². The molecule has 42 valence electrons. The van der Waals surface area contributed by atoms with Gasteiger partial charge in [-0.05, 0) is 12.8 Å². The lowest BCUT2D eigenvalue weighted by Gasteiger charge is -2.06. The van der Waals surface area contributed by atoms with Gasteiger partial charge in [-0.2, -0.15) is 0 Å². The van der Waals surface area contributed by atoms with Crippen LogP contribution in [0.25, 0.3) is 0 Å². The Bertz CT molecular complexity index is 57.2. The van der Waals surface area contributed by atoms with Crippen LogP contribution < -0.4 is 0 Å². The van der Waals surface area contributed by atoms with Crippen molar-refractivity contribution in [2.75, 3.05) is 0 Å². The summed E-state index contributed by atoms with van der Waals surface area (Å²) >= 11 is 0. The number of hydrogen-bond donors (Lipinski definition) is 1. The van der Waals surface area contributed by atoms with Gasteiger partial charge in [-0.25, -0.2) is 0 Å². The second-order valence-electron chi connectivity index (χ2n) is 1.84. The zero-order valence-corrected chi connectivity index (χ0v) is 4.89. The van der Waals surface area contributed by atoms with Gasteiger partial charge in [0.15, 0.2) is 0 Å². The normalized spacial score (nSPS) is 18.1. The minimum atomic E-state index is -0.252. The van der Waals surface area contributed by atoms with E-state index in [2.05, 4.69) is 6.58 Å². The molecule has 1 heteroatoms. The molecule has 2 atom stereocenters. The fourth-order valence-electron chi connectivity index (χ4n) is 0.197. The van der Waals surface area contributed by atoms with Crippen LogP contribution in [0.4, 0.5) is 0 Å². The minimum Gasteiger partial charge on any atom is -0.393 e. The first-order chi connectivity index (χ1) is 3.18. The van der Waals surface area contributed by atoms with Gasteiger partial charge >= 0.3 is 0 Å². The molecule has 0 saturated heterocycles. The van der Waals surface area contributed by atoms with Crippen molar-refractivity contribution >= 4 is 0 Å². The monoisotopic (exact) mass is 100 g/mol. The van der Waals surface area contributed by atoms with Crippen LogP contribution in [0.2, 0.25) is 0 Å². The Balaban J connectivity index is 3.33. The van der Waals surface area contributed by atoms with Crippen molar-refractivity contribution in [3.63, 3.8) is 0 Å². The number of hydrogen-bond acceptors (Lipinski definition) is 1. The molecule has 0 unspecified atom stereocenters. The smallest absolute Gasteiger partial charge is 0.0571 e. The maximum atomic E-state index is 8.75. The van der Waals surface area contributed by atoms with Gasteiger partial charge < -0.3 is 5.11 Å². The second-order valence-corrected chi connectivity index (χ2v) is 1.84. The van der Waals surface area contributed by atoms with Gasteiger partial charge in [-0.1, -0.05) is 13.0 Å². The molecule has 0 aromatic carbocycles. The molecule has 0 radical (unpaired) electrons. The Labute approximate surface area is 44.7 Å². The van der Waals surface area contributed by atoms with Crippen molar-refractivity contribution in [1.82, 2.24) is 0 Å². The van der Waals surface area contributed by atoms with Crippen LogP contribution >= 0.6 is 0 Å². The van der Waals surface area contributed by atoms with Gasteiger partial charge in [-0.15, -0.1) is 6.58 Å². The Kier molecular flexibility index (Phi) is 2.68. The van der Waals surface area contributed by atoms with Crippen LogP contribution in [0, 0.1) is 5.92 Å². The highest BCUT2D eigenvalue weighted by Gasteiger charge is 2.00. The average Bonchev–Trinajstić information content (AvgIpc) is 1.65. The highest BCUT2D eigenvalue weighted by Crippen LogP contribution is 2.00. The summed E-state index contributed by atoms with van der Waals surface area (Å²) in [7, 11) is 0. The molecule has 0 bridgehead atoms. The molecule has 7 heavy (non-hydrogen) atoms. The summed E-state index contributed by atoms with van der Waals surface area (Å²) in [5.74, 6) is 0.222. The van der Waals surface area contributed by atoms with Gasteiger partial charge in [0.2, 0.25) is 0 Å². The van der Waals surface area contributed by atoms with E-state index in [1.54, 1.807) is 13.0 Å². The molecule has 0 aliphatic rings. The molecular weight excluding hydrogens is 88.1 g/mol. The maximum Gasteiger partial charge on any atom is 0.0571 e. The molecule has 0 fully saturated rings. The highest BCUT2D eigenvalue weighted by molar-refractivity contribution is 4.78. The molecule has 0 aliphatic carbocycles. The zero-order chi connectivity index (χ0) is 5.86. The topological polar surface area (TPSA) is 20.2 Å². The molecule has 0 aromatic heterocycles. The first-order valence-electron chi connectivity index (χ1n) is 2.49. The van der Waals surface area contributed by atoms with Crippen LogP contribution in [0.15, 0.2) is 12.7 Å². The largest absolute Gasteiger partial charge is 0.393 e. The van der Waals surface area contributed by atoms with E-state index in [0.717, 1.165) is 0 Å². The van der Waals surface area contributed by atoms with Gasteiger partial charge in [-0.3, -0.25) is 0 Å². The fourth-order valence-corrected chi connectivity index (χ4v) is 0.197. The highest BCUT2D eigenvalue weighted by atomic mass is 16.3. The second kappa shape index (κ2) is 2.80. The Morgan fingerprint density at radius 2 is 2.00 bits per heavy atom. The van der Waals surface area contributed by atoms with Gasteiger partial charge in [0.1, 0.15) is 0 Å². The standard InChI is InChI=1S/C6H12O/c1-4-5(2)6(3)7/h4-7H,1H2,2-3H3/t5-,6+/m1/s1. The SMILES string of the molecule is C=C[C@@H](C)[C@H](C)O. The summed E-state index contributed by atoms with van der Waals surface area (Å²) in [6.45, 7) is 7.21. The molecule has 1 nitrogen and oxygen atoms in total. The van der Waals surface area contributed by atoms with E-state index in [4.69, 9.17) is 5.11 Å². The lowest BCUT2D eigenvalue weighted by atomic mass is 10.1. The molecule has 0 heterocycles. The van der Waals surface area contributed by atoms with Gasteiger partial charge in [0, 0.05) is 0 Å². The molecule has 0 aromatic rings. The third-order valence-corrected chi connectivity index (χ3v) is 1.13. The van der Waals surface area contributed by atoms with Crippen LogP contribution in [0.3, 0.4) is 0 Å². The van der Waals surface area contributed by atoms with E-state index in [-0.39, 0.29) is 12.0 Å². The third-order valence-electron chi connectivity index (χ3n) is 1.13. The Morgan fingerprint density at radius 3 is 2.00 bits per heavy atom. The summed E-state index contributed by atoms with van der Waals surface area (Å²) in [4.78, 5) is 0. The molecule has 0 spiro atoms. The van der Waals surface area contributed by atoms with Crippen molar-refractivity contribution in [1.29, 1.82) is 0 Å². The summed E-state index contributed by atoms with van der Waals surface area (Å²) in [5.41, 5.74) is 0. The predicted octanol–water partition coefficient (Wildman–Crippen LogP) is 1.19. The van der Waals surface area contributed by atoms with E-state index in [0.29, 0.717) is 0 Å². The van der Waals surface area contributed by atoms with E-state index >= 15 is 0 Å².